The molecule has 4 N–H and O–H groups in total. The van der Waals surface area contributed by atoms with Crippen molar-refractivity contribution < 1.29 is 34.9 Å². The largest absolute Gasteiger partial charge is 0.416 e. The Balaban J connectivity index is 0.000000430. The van der Waals surface area contributed by atoms with E-state index in [0.717, 1.165) is 43.1 Å². The Bertz CT molecular complexity index is 1710. The molecular formula is C30H33F5N6O3S. The Morgan fingerprint density at radius 2 is 1.58 bits per heavy atom. The van der Waals surface area contributed by atoms with E-state index in [1.54, 1.807) is 0 Å². The zero-order valence-electron chi connectivity index (χ0n) is 24.4. The third kappa shape index (κ3) is 10.5. The van der Waals surface area contributed by atoms with Crippen LogP contribution in [0.2, 0.25) is 0 Å². The lowest BCUT2D eigenvalue weighted by atomic mass is 10.1. The van der Waals surface area contributed by atoms with Crippen LogP contribution in [-0.4, -0.2) is 44.7 Å². The first kappa shape index (κ1) is 35.5. The van der Waals surface area contributed by atoms with Crippen LogP contribution in [0.4, 0.5) is 22.0 Å². The monoisotopic (exact) mass is 652 g/mol. The Morgan fingerprint density at radius 3 is 2.16 bits per heavy atom. The Morgan fingerprint density at radius 1 is 0.933 bits per heavy atom. The van der Waals surface area contributed by atoms with Crippen LogP contribution in [0.25, 0.3) is 22.4 Å². The van der Waals surface area contributed by atoms with Crippen LogP contribution < -0.4 is 5.73 Å². The molecule has 0 aliphatic rings. The molecule has 9 nitrogen and oxygen atoms in total. The average Bonchev–Trinajstić information content (AvgIpc) is 3.41. The fourth-order valence-electron chi connectivity index (χ4n) is 4.14. The summed E-state index contributed by atoms with van der Waals surface area (Å²) in [6, 6.07) is 4.70. The molecule has 3 heterocycles. The summed E-state index contributed by atoms with van der Waals surface area (Å²) >= 11 is 0. The lowest BCUT2D eigenvalue weighted by Gasteiger charge is -2.08. The minimum Gasteiger partial charge on any atom is -0.330 e. The SMILES string of the molecule is CCCCCCCCCCN.O=S(=O)(O)c1cncc(C#Cc2[nH]nc3c(C(F)F)nc(-c4ccc(C(F)(F)F)cc4)nc23)c1. The van der Waals surface area contributed by atoms with Crippen LogP contribution >= 0.6 is 0 Å². The smallest absolute Gasteiger partial charge is 0.330 e. The molecule has 0 aliphatic carbocycles. The van der Waals surface area contributed by atoms with E-state index in [4.69, 9.17) is 10.3 Å². The van der Waals surface area contributed by atoms with Gasteiger partial charge in [-0.1, -0.05) is 69.9 Å². The van der Waals surface area contributed by atoms with Crippen molar-refractivity contribution in [3.63, 3.8) is 0 Å². The second-order valence-corrected chi connectivity index (χ2v) is 11.4. The van der Waals surface area contributed by atoms with E-state index in [0.29, 0.717) is 0 Å². The maximum Gasteiger partial charge on any atom is 0.416 e. The second kappa shape index (κ2) is 16.4. The highest BCUT2D eigenvalue weighted by atomic mass is 32.2. The molecule has 3 aromatic heterocycles. The average molecular weight is 653 g/mol. The number of nitrogens with one attached hydrogen (secondary N) is 1. The molecule has 0 fully saturated rings. The van der Waals surface area contributed by atoms with Crippen molar-refractivity contribution >= 4 is 21.2 Å². The van der Waals surface area contributed by atoms with Crippen molar-refractivity contribution in [3.05, 3.63) is 65.2 Å². The number of H-pyrrole nitrogens is 1. The molecule has 15 heteroatoms. The summed E-state index contributed by atoms with van der Waals surface area (Å²) in [4.78, 5) is 11.0. The van der Waals surface area contributed by atoms with Gasteiger partial charge in [-0.3, -0.25) is 14.6 Å². The highest BCUT2D eigenvalue weighted by molar-refractivity contribution is 7.85. The number of hydrogen-bond donors (Lipinski definition) is 3. The molecule has 0 atom stereocenters. The van der Waals surface area contributed by atoms with E-state index in [9.17, 15) is 30.4 Å². The lowest BCUT2D eigenvalue weighted by molar-refractivity contribution is -0.137. The maximum absolute atomic E-state index is 13.6. The predicted octanol–water partition coefficient (Wildman–Crippen LogP) is 7.10. The first-order chi connectivity index (χ1) is 21.3. The number of aromatic nitrogens is 5. The number of unbranched alkanes of at least 4 members (excludes halogenated alkanes) is 7. The molecule has 0 bridgehead atoms. The van der Waals surface area contributed by atoms with Crippen molar-refractivity contribution in [2.24, 2.45) is 5.73 Å². The van der Waals surface area contributed by atoms with Crippen LogP contribution in [0.3, 0.4) is 0 Å². The van der Waals surface area contributed by atoms with Crippen LogP contribution in [0.1, 0.15) is 87.2 Å². The summed E-state index contributed by atoms with van der Waals surface area (Å²) in [6.07, 6.45) is 5.44. The number of pyridine rings is 1. The first-order valence-electron chi connectivity index (χ1n) is 14.2. The Kier molecular flexibility index (Phi) is 12.9. The molecule has 1 aromatic carbocycles. The summed E-state index contributed by atoms with van der Waals surface area (Å²) in [5, 5.41) is 6.19. The van der Waals surface area contributed by atoms with Gasteiger partial charge in [0.2, 0.25) is 0 Å². The van der Waals surface area contributed by atoms with E-state index < -0.39 is 38.9 Å². The highest BCUT2D eigenvalue weighted by Crippen LogP contribution is 2.32. The number of halogens is 5. The molecule has 4 aromatic rings. The lowest BCUT2D eigenvalue weighted by Crippen LogP contribution is -2.04. The molecule has 0 aliphatic heterocycles. The number of hydrogen-bond acceptors (Lipinski definition) is 7. The molecule has 0 spiro atoms. The molecule has 0 saturated heterocycles. The molecule has 0 radical (unpaired) electrons. The van der Waals surface area contributed by atoms with Crippen molar-refractivity contribution in [2.45, 2.75) is 75.8 Å². The molecule has 242 valence electrons. The Hall–Kier alpha value is -4.00. The van der Waals surface area contributed by atoms with Crippen LogP contribution in [0.15, 0.2) is 47.6 Å². The number of alkyl halides is 5. The van der Waals surface area contributed by atoms with Gasteiger partial charge in [0, 0.05) is 23.5 Å². The van der Waals surface area contributed by atoms with E-state index >= 15 is 0 Å². The summed E-state index contributed by atoms with van der Waals surface area (Å²) in [6.45, 7) is 3.13. The van der Waals surface area contributed by atoms with Crippen molar-refractivity contribution in [2.75, 3.05) is 6.54 Å². The summed E-state index contributed by atoms with van der Waals surface area (Å²) < 4.78 is 97.3. The van der Waals surface area contributed by atoms with Gasteiger partial charge in [0.1, 0.15) is 27.3 Å². The fraction of sp³-hybridized carbons (Fsp3) is 0.400. The van der Waals surface area contributed by atoms with Gasteiger partial charge in [0.15, 0.2) is 5.82 Å². The minimum absolute atomic E-state index is 0.0373. The number of nitrogens with zero attached hydrogens (tertiary/aromatic N) is 4. The molecule has 0 saturated carbocycles. The van der Waals surface area contributed by atoms with E-state index in [1.807, 2.05) is 0 Å². The predicted molar refractivity (Wildman–Crippen MR) is 159 cm³/mol. The van der Waals surface area contributed by atoms with Crippen molar-refractivity contribution in [1.29, 1.82) is 0 Å². The first-order valence-corrected chi connectivity index (χ1v) is 15.7. The molecule has 0 amide bonds. The van der Waals surface area contributed by atoms with Crippen LogP contribution in [0, 0.1) is 11.8 Å². The molecule has 4 rings (SSSR count). The fourth-order valence-corrected chi connectivity index (χ4v) is 4.61. The summed E-state index contributed by atoms with van der Waals surface area (Å²) in [5.74, 6) is 4.85. The number of aromatic amines is 1. The maximum atomic E-state index is 13.6. The topological polar surface area (TPSA) is 148 Å². The highest BCUT2D eigenvalue weighted by Gasteiger charge is 2.30. The molecular weight excluding hydrogens is 619 g/mol. The van der Waals surface area contributed by atoms with Crippen molar-refractivity contribution in [3.8, 4) is 23.2 Å². The number of benzene rings is 1. The number of fused-ring (bicyclic) bond motifs is 1. The third-order valence-electron chi connectivity index (χ3n) is 6.50. The number of nitrogens with two attached hydrogens (primary N) is 1. The van der Waals surface area contributed by atoms with Gasteiger partial charge in [0.05, 0.1) is 5.56 Å². The zero-order valence-corrected chi connectivity index (χ0v) is 25.2. The van der Waals surface area contributed by atoms with Crippen LogP contribution in [0.5, 0.6) is 0 Å². The quantitative estimate of drug-likeness (QED) is 0.0673. The van der Waals surface area contributed by atoms with E-state index in [1.165, 1.54) is 57.6 Å². The zero-order chi connectivity index (χ0) is 33.0. The summed E-state index contributed by atoms with van der Waals surface area (Å²) in [5.41, 5.74) is 3.39. The van der Waals surface area contributed by atoms with Gasteiger partial charge in [-0.2, -0.15) is 26.7 Å². The summed E-state index contributed by atoms with van der Waals surface area (Å²) in [7, 11) is -4.52. The van der Waals surface area contributed by atoms with Crippen LogP contribution in [-0.2, 0) is 16.3 Å². The van der Waals surface area contributed by atoms with Gasteiger partial charge in [-0.25, -0.2) is 18.7 Å². The molecule has 0 unspecified atom stereocenters. The standard InChI is InChI=1S/C20H10F5N5O3S.C10H23N/c21-18(22)17-16-15(27-19(28-17)11-2-4-12(5-3-11)20(23,24)25)14(29-30-16)6-1-10-7-13(9-26-8-10)34(31,32)33;1-2-3-4-5-6-7-8-9-10-11/h2-5,7-9,18H,(H,29,30)(H,31,32,33);2-11H2,1H3. The third-order valence-corrected chi connectivity index (χ3v) is 7.32. The van der Waals surface area contributed by atoms with Crippen molar-refractivity contribution in [1.82, 2.24) is 25.1 Å². The van der Waals surface area contributed by atoms with Gasteiger partial charge in [-0.15, -0.1) is 0 Å². The molecule has 45 heavy (non-hydrogen) atoms. The number of rotatable bonds is 11. The van der Waals surface area contributed by atoms with Gasteiger partial charge >= 0.3 is 6.18 Å². The minimum atomic E-state index is -4.58. The van der Waals surface area contributed by atoms with E-state index in [2.05, 4.69) is 43.9 Å². The normalized spacial score (nSPS) is 11.7. The van der Waals surface area contributed by atoms with Gasteiger partial charge < -0.3 is 5.73 Å². The van der Waals surface area contributed by atoms with E-state index in [-0.39, 0.29) is 33.7 Å². The van der Waals surface area contributed by atoms with Gasteiger partial charge in [0.25, 0.3) is 16.5 Å². The van der Waals surface area contributed by atoms with Gasteiger partial charge in [-0.05, 0) is 37.1 Å². The Labute approximate surface area is 257 Å². The second-order valence-electron chi connectivity index (χ2n) is 10.0.